The van der Waals surface area contributed by atoms with Gasteiger partial charge in [-0.2, -0.15) is 0 Å². The molecule has 0 saturated carbocycles. The molecule has 0 spiro atoms. The molecule has 0 unspecified atom stereocenters. The lowest BCUT2D eigenvalue weighted by molar-refractivity contribution is 1.07. The minimum atomic E-state index is -0.213. The molecule has 0 fully saturated rings. The van der Waals surface area contributed by atoms with E-state index in [0.29, 0.717) is 27.6 Å². The highest BCUT2D eigenvalue weighted by atomic mass is 32.1. The summed E-state index contributed by atoms with van der Waals surface area (Å²) in [5.41, 5.74) is 5.68. The van der Waals surface area contributed by atoms with Crippen molar-refractivity contribution in [2.24, 2.45) is 0 Å². The molecule has 3 aromatic heterocycles. The molecule has 7 aromatic carbocycles. The van der Waals surface area contributed by atoms with Crippen LogP contribution in [0.15, 0.2) is 158 Å². The number of benzene rings is 7. The smallest absolute Gasteiger partial charge is 0.164 e. The van der Waals surface area contributed by atoms with E-state index in [1.807, 2.05) is 72.8 Å². The van der Waals surface area contributed by atoms with Gasteiger partial charge in [0.05, 0.1) is 16.5 Å². The second-order valence-corrected chi connectivity index (χ2v) is 12.8. The number of hydrogen-bond donors (Lipinski definition) is 0. The van der Waals surface area contributed by atoms with Crippen LogP contribution in [0.4, 0.5) is 0 Å². The van der Waals surface area contributed by atoms with Crippen LogP contribution in [0.5, 0.6) is 0 Å². The van der Waals surface area contributed by atoms with Gasteiger partial charge in [0.25, 0.3) is 0 Å². The fourth-order valence-corrected chi connectivity index (χ4v) is 7.94. The van der Waals surface area contributed by atoms with Gasteiger partial charge in [-0.1, -0.05) is 115 Å². The molecule has 3 heterocycles. The molecule has 48 heavy (non-hydrogen) atoms. The summed E-state index contributed by atoms with van der Waals surface area (Å²) in [6.45, 7) is 0. The second kappa shape index (κ2) is 10.7. The van der Waals surface area contributed by atoms with Crippen LogP contribution in [-0.4, -0.2) is 19.5 Å². The Morgan fingerprint density at radius 3 is 1.77 bits per heavy atom. The highest BCUT2D eigenvalue weighted by molar-refractivity contribution is 7.26. The Morgan fingerprint density at radius 2 is 1.06 bits per heavy atom. The van der Waals surface area contributed by atoms with Crippen molar-refractivity contribution >= 4 is 64.1 Å². The molecule has 0 aliphatic rings. The van der Waals surface area contributed by atoms with Crippen molar-refractivity contribution in [1.82, 2.24) is 19.5 Å². The summed E-state index contributed by atoms with van der Waals surface area (Å²) in [4.78, 5) is 14.7. The average molecular weight is 635 g/mol. The molecule has 0 radical (unpaired) electrons. The van der Waals surface area contributed by atoms with Crippen LogP contribution in [0.3, 0.4) is 0 Å². The summed E-state index contributed by atoms with van der Waals surface area (Å²) in [6.07, 6.45) is 0. The fraction of sp³-hybridized carbons (Fsp3) is 0. The van der Waals surface area contributed by atoms with Crippen molar-refractivity contribution < 1.29 is 5.48 Å². The van der Waals surface area contributed by atoms with Gasteiger partial charge in [-0.05, 0) is 53.2 Å². The third-order valence-electron chi connectivity index (χ3n) is 8.98. The zero-order chi connectivity index (χ0) is 35.1. The summed E-state index contributed by atoms with van der Waals surface area (Å²) in [5, 5.41) is 5.74. The number of thiophene rings is 1. The Balaban J connectivity index is 1.21. The minimum absolute atomic E-state index is 0.00119. The molecule has 10 rings (SSSR count). The molecule has 224 valence electrons. The average Bonchev–Trinajstić information content (AvgIpc) is 3.77. The van der Waals surface area contributed by atoms with E-state index in [1.165, 1.54) is 11.3 Å². The lowest BCUT2D eigenvalue weighted by atomic mass is 10.0. The van der Waals surface area contributed by atoms with Crippen LogP contribution in [0, 0.1) is 0 Å². The lowest BCUT2D eigenvalue weighted by Crippen LogP contribution is -2.00. The van der Waals surface area contributed by atoms with Crippen molar-refractivity contribution in [2.45, 2.75) is 0 Å². The predicted molar refractivity (Wildman–Crippen MR) is 201 cm³/mol. The van der Waals surface area contributed by atoms with Gasteiger partial charge in [-0.3, -0.25) is 0 Å². The molecule has 0 aliphatic heterocycles. The number of nitrogens with zero attached hydrogens (tertiary/aromatic N) is 4. The first-order valence-electron chi connectivity index (χ1n) is 17.7. The number of aromatic nitrogens is 4. The maximum Gasteiger partial charge on any atom is 0.164 e. The van der Waals surface area contributed by atoms with Crippen molar-refractivity contribution in [3.05, 3.63) is 158 Å². The third kappa shape index (κ3) is 4.18. The van der Waals surface area contributed by atoms with Crippen molar-refractivity contribution in [3.63, 3.8) is 0 Å². The van der Waals surface area contributed by atoms with Gasteiger partial charge in [-0.15, -0.1) is 11.3 Å². The van der Waals surface area contributed by atoms with Crippen LogP contribution in [0.1, 0.15) is 5.48 Å². The SMILES string of the molecule is [2H]c1c([2H])c([2H])c2c(sc3c2ccc2c3c3c4ccccc4ccc3n2-c2ccc(-c3nc(-c4ccccc4)nc(-c4ccccc4)n3)cc2)c1[2H]. The van der Waals surface area contributed by atoms with Gasteiger partial charge >= 0.3 is 0 Å². The van der Waals surface area contributed by atoms with E-state index in [-0.39, 0.29) is 24.2 Å². The summed E-state index contributed by atoms with van der Waals surface area (Å²) < 4.78 is 38.0. The zero-order valence-corrected chi connectivity index (χ0v) is 26.2. The quantitative estimate of drug-likeness (QED) is 0.193. The van der Waals surface area contributed by atoms with Gasteiger partial charge in [-0.25, -0.2) is 15.0 Å². The van der Waals surface area contributed by atoms with E-state index < -0.39 is 0 Å². The first-order valence-corrected chi connectivity index (χ1v) is 16.5. The van der Waals surface area contributed by atoms with Crippen molar-refractivity contribution in [2.75, 3.05) is 0 Å². The lowest BCUT2D eigenvalue weighted by Gasteiger charge is -2.11. The maximum atomic E-state index is 8.78. The molecular formula is C43H26N4S. The van der Waals surface area contributed by atoms with Gasteiger partial charge in [0, 0.05) is 53.3 Å². The highest BCUT2D eigenvalue weighted by Gasteiger charge is 2.20. The molecule has 0 N–H and O–H groups in total. The number of fused-ring (bicyclic) bond motifs is 9. The van der Waals surface area contributed by atoms with Crippen molar-refractivity contribution in [3.8, 4) is 39.9 Å². The van der Waals surface area contributed by atoms with Gasteiger partial charge in [0.1, 0.15) is 0 Å². The highest BCUT2D eigenvalue weighted by Crippen LogP contribution is 2.45. The maximum absolute atomic E-state index is 8.78. The van der Waals surface area contributed by atoms with Gasteiger partial charge in [0.2, 0.25) is 0 Å². The Morgan fingerprint density at radius 1 is 0.479 bits per heavy atom. The van der Waals surface area contributed by atoms with E-state index in [4.69, 9.17) is 20.4 Å². The van der Waals surface area contributed by atoms with Crippen LogP contribution in [-0.2, 0) is 0 Å². The van der Waals surface area contributed by atoms with Gasteiger partial charge < -0.3 is 4.57 Å². The molecule has 0 amide bonds. The molecule has 0 aliphatic carbocycles. The number of rotatable bonds is 4. The molecule has 0 bridgehead atoms. The molecule has 5 heteroatoms. The molecule has 4 nitrogen and oxygen atoms in total. The van der Waals surface area contributed by atoms with Crippen LogP contribution in [0.2, 0.25) is 0 Å². The minimum Gasteiger partial charge on any atom is -0.309 e. The second-order valence-electron chi connectivity index (χ2n) is 11.7. The van der Waals surface area contributed by atoms with E-state index in [1.54, 1.807) is 0 Å². The Bertz CT molecular complexity index is 2990. The molecule has 10 aromatic rings. The standard InChI is InChI=1S/C43H26N4S/c1-3-12-28(13-4-1)41-44-42(29-14-5-2-6-15-29)46-43(45-41)30-19-22-31(23-20-30)47-35-25-21-27-11-7-8-16-32(27)38(35)39-36(47)26-24-34-33-17-9-10-18-37(33)48-40(34)39/h1-26H/i9D,10D,17D,18D. The zero-order valence-electron chi connectivity index (χ0n) is 29.4. The Hall–Kier alpha value is -6.17. The Kier molecular flexibility index (Phi) is 5.17. The fourth-order valence-electron chi connectivity index (χ4n) is 6.79. The largest absolute Gasteiger partial charge is 0.309 e. The normalized spacial score (nSPS) is 12.9. The summed E-state index contributed by atoms with van der Waals surface area (Å²) in [6, 6.07) is 44.5. The molecular weight excluding hydrogens is 605 g/mol. The van der Waals surface area contributed by atoms with E-state index in [9.17, 15) is 0 Å². The van der Waals surface area contributed by atoms with Crippen LogP contribution < -0.4 is 0 Å². The third-order valence-corrected chi connectivity index (χ3v) is 10.1. The Labute approximate surface area is 285 Å². The van der Waals surface area contributed by atoms with Crippen LogP contribution >= 0.6 is 11.3 Å². The van der Waals surface area contributed by atoms with E-state index in [2.05, 4.69) is 65.2 Å². The monoisotopic (exact) mass is 634 g/mol. The first-order chi connectivity index (χ1) is 25.5. The van der Waals surface area contributed by atoms with Crippen molar-refractivity contribution in [1.29, 1.82) is 0 Å². The van der Waals surface area contributed by atoms with E-state index in [0.717, 1.165) is 65.0 Å². The first kappa shape index (κ1) is 23.2. The topological polar surface area (TPSA) is 43.6 Å². The number of hydrogen-bond acceptors (Lipinski definition) is 4. The molecule has 0 saturated heterocycles. The summed E-state index contributed by atoms with van der Waals surface area (Å²) in [5.74, 6) is 1.80. The predicted octanol–water partition coefficient (Wildman–Crippen LogP) is 11.5. The van der Waals surface area contributed by atoms with E-state index >= 15 is 0 Å². The molecule has 0 atom stereocenters. The summed E-state index contributed by atoms with van der Waals surface area (Å²) >= 11 is 1.44. The van der Waals surface area contributed by atoms with Gasteiger partial charge in [0.15, 0.2) is 17.5 Å². The van der Waals surface area contributed by atoms with Crippen LogP contribution in [0.25, 0.3) is 92.6 Å². The summed E-state index contributed by atoms with van der Waals surface area (Å²) in [7, 11) is 0.